The zero-order chi connectivity index (χ0) is 39.8. The lowest BCUT2D eigenvalue weighted by molar-refractivity contribution is -0.121. The summed E-state index contributed by atoms with van der Waals surface area (Å²) < 4.78 is 22.0. The van der Waals surface area contributed by atoms with Gasteiger partial charge in [0.25, 0.3) is 0 Å². The molecule has 5 atom stereocenters. The molecule has 1 aliphatic rings. The minimum Gasteiger partial charge on any atom is -0.414 e. The molecule has 1 N–H and O–H groups in total. The van der Waals surface area contributed by atoms with E-state index in [0.717, 1.165) is 38.5 Å². The molecule has 1 fully saturated rings. The minimum atomic E-state index is -2.08. The maximum Gasteiger partial charge on any atom is 0.223 e. The highest BCUT2D eigenvalue weighted by Gasteiger charge is 2.51. The smallest absolute Gasteiger partial charge is 0.223 e. The highest BCUT2D eigenvalue weighted by atomic mass is 35.5. The topological polar surface area (TPSA) is 73.9 Å². The Kier molecular flexibility index (Phi) is 17.4. The summed E-state index contributed by atoms with van der Waals surface area (Å²) in [6, 6.07) is 10.8. The van der Waals surface area contributed by atoms with Gasteiger partial charge in [0, 0.05) is 19.4 Å². The standard InChI is InChI=1S/C42H76ClNO5Si3/c1-40(2,3)50(10,11)47-35(32-23-19-18-20-24-32)28-27-34-33(25-21-16-17-22-26-39(46)44-30-29-38(43)45)36(48-51(12,13)41(4,5)6)31-37(34)49-52(14,15)42(7,8)9/h16,18-21,23-24,33-37H,17,22,25-31H2,1-15H3,(H,44,46)/b21-16-/t33-,34-,35+,36+,37-/m1/s1. The molecule has 0 radical (unpaired) electrons. The summed E-state index contributed by atoms with van der Waals surface area (Å²) in [7, 11) is -6.19. The molecule has 52 heavy (non-hydrogen) atoms. The second kappa shape index (κ2) is 19.2. The lowest BCUT2D eigenvalue weighted by atomic mass is 9.85. The predicted molar refractivity (Wildman–Crippen MR) is 229 cm³/mol. The van der Waals surface area contributed by atoms with Crippen LogP contribution in [0.4, 0.5) is 0 Å². The van der Waals surface area contributed by atoms with Gasteiger partial charge < -0.3 is 18.6 Å². The van der Waals surface area contributed by atoms with Crippen molar-refractivity contribution in [3.8, 4) is 0 Å². The Balaban J connectivity index is 2.44. The van der Waals surface area contributed by atoms with Gasteiger partial charge in [0.05, 0.1) is 18.3 Å². The number of halogens is 1. The fourth-order valence-electron chi connectivity index (χ4n) is 6.22. The van der Waals surface area contributed by atoms with E-state index in [9.17, 15) is 9.59 Å². The molecule has 0 aromatic heterocycles. The van der Waals surface area contributed by atoms with Gasteiger partial charge in [-0.25, -0.2) is 0 Å². The zero-order valence-corrected chi connectivity index (χ0v) is 39.5. The van der Waals surface area contributed by atoms with E-state index in [0.29, 0.717) is 24.8 Å². The number of benzene rings is 1. The number of hydrogen-bond donors (Lipinski definition) is 1. The van der Waals surface area contributed by atoms with Crippen molar-refractivity contribution in [2.45, 2.75) is 186 Å². The first-order valence-corrected chi connectivity index (χ1v) is 29.0. The number of rotatable bonds is 19. The molecule has 10 heteroatoms. The largest absolute Gasteiger partial charge is 0.414 e. The molecule has 0 unspecified atom stereocenters. The number of allylic oxidation sites excluding steroid dienone is 2. The Morgan fingerprint density at radius 2 is 1.31 bits per heavy atom. The number of amides is 1. The van der Waals surface area contributed by atoms with Crippen LogP contribution in [0.2, 0.25) is 54.4 Å². The number of nitrogens with one attached hydrogen (secondary N) is 1. The first kappa shape index (κ1) is 47.1. The first-order chi connectivity index (χ1) is 23.7. The summed E-state index contributed by atoms with van der Waals surface area (Å²) >= 11 is 5.40. The fourth-order valence-corrected chi connectivity index (χ4v) is 10.4. The van der Waals surface area contributed by atoms with Crippen molar-refractivity contribution in [1.29, 1.82) is 0 Å². The summed E-state index contributed by atoms with van der Waals surface area (Å²) in [5, 5.41) is 2.68. The average molecular weight is 795 g/mol. The molecule has 0 spiro atoms. The van der Waals surface area contributed by atoms with Gasteiger partial charge in [0.2, 0.25) is 11.1 Å². The average Bonchev–Trinajstić information content (AvgIpc) is 3.29. The van der Waals surface area contributed by atoms with E-state index in [1.54, 1.807) is 0 Å². The van der Waals surface area contributed by atoms with Crippen LogP contribution in [0, 0.1) is 11.8 Å². The van der Waals surface area contributed by atoms with Crippen molar-refractivity contribution < 1.29 is 22.9 Å². The van der Waals surface area contributed by atoms with E-state index < -0.39 is 30.2 Å². The quantitative estimate of drug-likeness (QED) is 0.0653. The Labute approximate surface area is 327 Å². The minimum absolute atomic E-state index is 0.0286. The Bertz CT molecular complexity index is 1300. The maximum atomic E-state index is 12.2. The van der Waals surface area contributed by atoms with Crippen LogP contribution in [0.1, 0.15) is 125 Å². The number of carbonyl (C=O) groups is 2. The second-order valence-corrected chi connectivity index (χ2v) is 34.5. The van der Waals surface area contributed by atoms with Crippen molar-refractivity contribution >= 4 is 47.7 Å². The van der Waals surface area contributed by atoms with Crippen molar-refractivity contribution in [2.24, 2.45) is 11.8 Å². The van der Waals surface area contributed by atoms with Gasteiger partial charge in [-0.2, -0.15) is 0 Å². The van der Waals surface area contributed by atoms with Crippen LogP contribution in [0.25, 0.3) is 0 Å². The highest BCUT2D eigenvalue weighted by Crippen LogP contribution is 2.50. The van der Waals surface area contributed by atoms with Crippen LogP contribution in [-0.4, -0.2) is 54.9 Å². The third kappa shape index (κ3) is 14.2. The van der Waals surface area contributed by atoms with E-state index in [2.05, 4.69) is 149 Å². The molecule has 1 aromatic carbocycles. The first-order valence-electron chi connectivity index (χ1n) is 19.9. The molecule has 0 saturated heterocycles. The highest BCUT2D eigenvalue weighted by molar-refractivity contribution is 6.75. The van der Waals surface area contributed by atoms with Gasteiger partial charge in [-0.3, -0.25) is 9.59 Å². The fraction of sp³-hybridized carbons (Fsp3) is 0.762. The number of carbonyl (C=O) groups excluding carboxylic acids is 2. The van der Waals surface area contributed by atoms with E-state index >= 15 is 0 Å². The van der Waals surface area contributed by atoms with Gasteiger partial charge in [0.15, 0.2) is 25.0 Å². The lowest BCUT2D eigenvalue weighted by Crippen LogP contribution is -2.45. The van der Waals surface area contributed by atoms with Gasteiger partial charge in [-0.05, 0) is 122 Å². The Hall–Kier alpha value is -1.08. The molecule has 298 valence electrons. The molecule has 0 aliphatic heterocycles. The molecule has 1 aliphatic carbocycles. The Morgan fingerprint density at radius 1 is 0.788 bits per heavy atom. The van der Waals surface area contributed by atoms with Crippen molar-refractivity contribution in [2.75, 3.05) is 6.54 Å². The monoisotopic (exact) mass is 793 g/mol. The number of hydrogen-bond acceptors (Lipinski definition) is 5. The van der Waals surface area contributed by atoms with Crippen LogP contribution in [0.3, 0.4) is 0 Å². The van der Waals surface area contributed by atoms with Crippen molar-refractivity contribution in [1.82, 2.24) is 5.32 Å². The molecular formula is C42H76ClNO5Si3. The van der Waals surface area contributed by atoms with E-state index in [1.807, 2.05) is 0 Å². The van der Waals surface area contributed by atoms with Gasteiger partial charge >= 0.3 is 0 Å². The molecule has 0 bridgehead atoms. The van der Waals surface area contributed by atoms with Crippen molar-refractivity contribution in [3.05, 3.63) is 48.0 Å². The summed E-state index contributed by atoms with van der Waals surface area (Å²) in [6.45, 7) is 35.5. The van der Waals surface area contributed by atoms with Crippen LogP contribution in [0.15, 0.2) is 42.5 Å². The van der Waals surface area contributed by atoms with E-state index in [1.165, 1.54) is 5.56 Å². The van der Waals surface area contributed by atoms with Crippen LogP contribution >= 0.6 is 11.6 Å². The molecular weight excluding hydrogens is 718 g/mol. The molecule has 0 heterocycles. The third-order valence-electron chi connectivity index (χ3n) is 12.6. The third-order valence-corrected chi connectivity index (χ3v) is 26.3. The van der Waals surface area contributed by atoms with Crippen LogP contribution in [-0.2, 0) is 22.9 Å². The van der Waals surface area contributed by atoms with Crippen LogP contribution in [0.5, 0.6) is 0 Å². The summed E-state index contributed by atoms with van der Waals surface area (Å²) in [5.41, 5.74) is 1.26. The van der Waals surface area contributed by atoms with Gasteiger partial charge in [-0.15, -0.1) is 0 Å². The molecule has 1 aromatic rings. The van der Waals surface area contributed by atoms with E-state index in [-0.39, 0.29) is 45.8 Å². The van der Waals surface area contributed by atoms with E-state index in [4.69, 9.17) is 24.9 Å². The summed E-state index contributed by atoms with van der Waals surface area (Å²) in [5.74, 6) is 0.613. The molecule has 1 saturated carbocycles. The number of unbranched alkanes of at least 4 members (excludes halogenated alkanes) is 1. The second-order valence-electron chi connectivity index (χ2n) is 19.8. The molecule has 2 rings (SSSR count). The van der Waals surface area contributed by atoms with Crippen LogP contribution < -0.4 is 5.32 Å². The summed E-state index contributed by atoms with van der Waals surface area (Å²) in [4.78, 5) is 23.2. The summed E-state index contributed by atoms with van der Waals surface area (Å²) in [6.07, 6.45) is 10.8. The van der Waals surface area contributed by atoms with Gasteiger partial charge in [-0.1, -0.05) is 105 Å². The normalized spacial score (nSPS) is 21.5. The Morgan fingerprint density at radius 3 is 1.81 bits per heavy atom. The molecule has 1 amide bonds. The predicted octanol–water partition coefficient (Wildman–Crippen LogP) is 12.3. The lowest BCUT2D eigenvalue weighted by Gasteiger charge is -2.41. The molecule has 6 nitrogen and oxygen atoms in total. The van der Waals surface area contributed by atoms with Crippen molar-refractivity contribution in [3.63, 3.8) is 0 Å². The SMILES string of the molecule is CC(C)(C)[Si](C)(C)O[C@@H](CC[C@@H]1[C@@H](C/C=C\CCCC(=O)NCCC(=O)Cl)[C@@H](O[Si](C)(C)C(C)(C)C)C[C@H]1O[Si](C)(C)C(C)(C)C)c1ccccc1. The maximum absolute atomic E-state index is 12.2. The zero-order valence-electron chi connectivity index (χ0n) is 35.7. The van der Waals surface area contributed by atoms with Gasteiger partial charge in [0.1, 0.15) is 0 Å².